The Kier molecular flexibility index (Phi) is 6.07. The second-order valence-corrected chi connectivity index (χ2v) is 9.24. The maximum Gasteiger partial charge on any atom is 0.188 e. The fraction of sp³-hybridized carbons (Fsp3) is 0.500. The number of aliphatic hydroxyl groups excluding tert-OH is 1. The number of halogens is 1. The number of fused-ring (bicyclic) bond motifs is 1. The lowest BCUT2D eigenvalue weighted by atomic mass is 10.0. The Balaban J connectivity index is 1.42. The molecule has 0 amide bonds. The molecule has 32 heavy (non-hydrogen) atoms. The lowest BCUT2D eigenvalue weighted by molar-refractivity contribution is 0.122. The highest BCUT2D eigenvalue weighted by molar-refractivity contribution is 7.22. The summed E-state index contributed by atoms with van der Waals surface area (Å²) in [6.45, 7) is 6.52. The summed E-state index contributed by atoms with van der Waals surface area (Å²) in [5, 5.41) is 14.2. The number of morpholine rings is 1. The fourth-order valence-electron chi connectivity index (χ4n) is 4.29. The zero-order valence-corrected chi connectivity index (χ0v) is 18.8. The van der Waals surface area contributed by atoms with Gasteiger partial charge in [0.2, 0.25) is 0 Å². The molecule has 0 radical (unpaired) electrons. The summed E-state index contributed by atoms with van der Waals surface area (Å²) in [4.78, 5) is 17.9. The van der Waals surface area contributed by atoms with Crippen molar-refractivity contribution in [2.24, 2.45) is 0 Å². The van der Waals surface area contributed by atoms with Crippen LogP contribution in [0, 0.1) is 5.82 Å². The highest BCUT2D eigenvalue weighted by Crippen LogP contribution is 2.36. The first kappa shape index (κ1) is 21.3. The number of hydrogen-bond donors (Lipinski definition) is 2. The van der Waals surface area contributed by atoms with Crippen LogP contribution in [-0.2, 0) is 4.74 Å². The lowest BCUT2D eigenvalue weighted by Gasteiger charge is -2.34. The molecule has 2 aromatic heterocycles. The van der Waals surface area contributed by atoms with E-state index in [-0.39, 0.29) is 18.0 Å². The molecule has 2 aliphatic heterocycles. The van der Waals surface area contributed by atoms with Gasteiger partial charge in [-0.25, -0.2) is 14.4 Å². The molecule has 2 fully saturated rings. The smallest absolute Gasteiger partial charge is 0.188 e. The number of piperidine rings is 1. The van der Waals surface area contributed by atoms with Gasteiger partial charge >= 0.3 is 0 Å². The molecule has 0 saturated carbocycles. The zero-order valence-electron chi connectivity index (χ0n) is 18.0. The van der Waals surface area contributed by atoms with Crippen LogP contribution < -0.4 is 15.1 Å². The average Bonchev–Trinajstić information content (AvgIpc) is 3.26. The standard InChI is InChI=1S/C22H27FN6O2S/c1-14(17-12-15(23)2-3-18(17)28-6-4-16(30)5-7-28)26-20-19-21(25-13-24-20)27-22(32-19)29-8-10-31-11-9-29/h2-3,12-14,16,30H,4-11H2,1H3,(H,24,25,26). The van der Waals surface area contributed by atoms with Crippen LogP contribution in [0.4, 0.5) is 21.0 Å². The summed E-state index contributed by atoms with van der Waals surface area (Å²) in [6, 6.07) is 4.73. The minimum Gasteiger partial charge on any atom is -0.393 e. The number of benzene rings is 1. The van der Waals surface area contributed by atoms with Gasteiger partial charge in [0, 0.05) is 37.4 Å². The van der Waals surface area contributed by atoms with Crippen LogP contribution in [0.15, 0.2) is 24.5 Å². The second kappa shape index (κ2) is 9.13. The lowest BCUT2D eigenvalue weighted by Crippen LogP contribution is -2.36. The van der Waals surface area contributed by atoms with Gasteiger partial charge in [0.05, 0.1) is 25.4 Å². The molecule has 1 unspecified atom stereocenters. The Morgan fingerprint density at radius 3 is 2.72 bits per heavy atom. The van der Waals surface area contributed by atoms with Gasteiger partial charge in [0.1, 0.15) is 22.7 Å². The number of ether oxygens (including phenoxy) is 1. The molecule has 2 saturated heterocycles. The number of hydrogen-bond acceptors (Lipinski definition) is 9. The third-order valence-electron chi connectivity index (χ3n) is 6.08. The van der Waals surface area contributed by atoms with Gasteiger partial charge in [-0.05, 0) is 38.0 Å². The summed E-state index contributed by atoms with van der Waals surface area (Å²) in [6.07, 6.45) is 2.69. The first-order valence-electron chi connectivity index (χ1n) is 11.0. The van der Waals surface area contributed by atoms with Crippen LogP contribution in [0.25, 0.3) is 10.3 Å². The van der Waals surface area contributed by atoms with E-state index in [2.05, 4.69) is 25.1 Å². The van der Waals surface area contributed by atoms with E-state index in [9.17, 15) is 9.50 Å². The normalized spacial score (nSPS) is 18.8. The average molecular weight is 459 g/mol. The van der Waals surface area contributed by atoms with Crippen molar-refractivity contribution >= 4 is 38.3 Å². The van der Waals surface area contributed by atoms with E-state index >= 15 is 0 Å². The minimum atomic E-state index is -0.269. The molecular weight excluding hydrogens is 431 g/mol. The van der Waals surface area contributed by atoms with Crippen LogP contribution in [-0.4, -0.2) is 65.6 Å². The Labute approximate surface area is 190 Å². The van der Waals surface area contributed by atoms with Crippen molar-refractivity contribution in [3.63, 3.8) is 0 Å². The van der Waals surface area contributed by atoms with Gasteiger partial charge in [0.25, 0.3) is 0 Å². The molecule has 10 heteroatoms. The third-order valence-corrected chi connectivity index (χ3v) is 7.19. The molecule has 2 N–H and O–H groups in total. The largest absolute Gasteiger partial charge is 0.393 e. The first-order valence-corrected chi connectivity index (χ1v) is 11.8. The van der Waals surface area contributed by atoms with E-state index in [0.29, 0.717) is 24.7 Å². The molecule has 170 valence electrons. The summed E-state index contributed by atoms with van der Waals surface area (Å²) >= 11 is 1.56. The van der Waals surface area contributed by atoms with Crippen LogP contribution in [0.1, 0.15) is 31.4 Å². The van der Waals surface area contributed by atoms with E-state index in [0.717, 1.165) is 60.1 Å². The Morgan fingerprint density at radius 2 is 1.94 bits per heavy atom. The number of aliphatic hydroxyl groups is 1. The summed E-state index contributed by atoms with van der Waals surface area (Å²) in [7, 11) is 0. The van der Waals surface area contributed by atoms with Crippen LogP contribution in [0.3, 0.4) is 0 Å². The molecule has 2 aliphatic rings. The van der Waals surface area contributed by atoms with Crippen molar-refractivity contribution in [2.75, 3.05) is 54.5 Å². The van der Waals surface area contributed by atoms with E-state index in [4.69, 9.17) is 9.72 Å². The Hall–Kier alpha value is -2.56. The highest BCUT2D eigenvalue weighted by atomic mass is 32.1. The maximum atomic E-state index is 14.2. The highest BCUT2D eigenvalue weighted by Gasteiger charge is 2.23. The molecule has 0 aliphatic carbocycles. The number of rotatable bonds is 5. The first-order chi connectivity index (χ1) is 15.6. The molecule has 1 aromatic carbocycles. The van der Waals surface area contributed by atoms with E-state index in [1.54, 1.807) is 17.4 Å². The van der Waals surface area contributed by atoms with Crippen LogP contribution >= 0.6 is 11.3 Å². The summed E-state index contributed by atoms with van der Waals surface area (Å²) in [5.74, 6) is 0.429. The molecule has 0 bridgehead atoms. The molecule has 8 nitrogen and oxygen atoms in total. The molecule has 1 atom stereocenters. The van der Waals surface area contributed by atoms with Gasteiger partial charge in [-0.2, -0.15) is 4.98 Å². The SMILES string of the molecule is CC(Nc1ncnc2nc(N3CCOCC3)sc12)c1cc(F)ccc1N1CCC(O)CC1. The number of aromatic nitrogens is 3. The Bertz CT molecular complexity index is 1080. The topological polar surface area (TPSA) is 86.6 Å². The quantitative estimate of drug-likeness (QED) is 0.603. The predicted molar refractivity (Wildman–Crippen MR) is 124 cm³/mol. The zero-order chi connectivity index (χ0) is 22.1. The summed E-state index contributed by atoms with van der Waals surface area (Å²) in [5.41, 5.74) is 2.51. The molecule has 0 spiro atoms. The maximum absolute atomic E-state index is 14.2. The van der Waals surface area contributed by atoms with Crippen molar-refractivity contribution in [3.8, 4) is 0 Å². The molecule has 3 aromatic rings. The number of thiazole rings is 1. The Morgan fingerprint density at radius 1 is 1.16 bits per heavy atom. The van der Waals surface area contributed by atoms with Gasteiger partial charge in [-0.1, -0.05) is 11.3 Å². The van der Waals surface area contributed by atoms with E-state index < -0.39 is 0 Å². The van der Waals surface area contributed by atoms with Gasteiger partial charge < -0.3 is 25.0 Å². The second-order valence-electron chi connectivity index (χ2n) is 8.26. The monoisotopic (exact) mass is 458 g/mol. The number of anilines is 3. The van der Waals surface area contributed by atoms with Crippen LogP contribution in [0.5, 0.6) is 0 Å². The van der Waals surface area contributed by atoms with Crippen LogP contribution in [0.2, 0.25) is 0 Å². The molecule has 4 heterocycles. The number of nitrogens with one attached hydrogen (secondary N) is 1. The van der Waals surface area contributed by atoms with E-state index in [1.807, 2.05) is 13.0 Å². The van der Waals surface area contributed by atoms with Crippen molar-refractivity contribution in [2.45, 2.75) is 31.9 Å². The summed E-state index contributed by atoms with van der Waals surface area (Å²) < 4.78 is 20.5. The van der Waals surface area contributed by atoms with Gasteiger partial charge in [-0.15, -0.1) is 0 Å². The third kappa shape index (κ3) is 4.35. The van der Waals surface area contributed by atoms with Crippen molar-refractivity contribution in [1.82, 2.24) is 15.0 Å². The van der Waals surface area contributed by atoms with Gasteiger partial charge in [-0.3, -0.25) is 0 Å². The van der Waals surface area contributed by atoms with Crippen molar-refractivity contribution in [1.29, 1.82) is 0 Å². The predicted octanol–water partition coefficient (Wildman–Crippen LogP) is 3.20. The van der Waals surface area contributed by atoms with E-state index in [1.165, 1.54) is 12.4 Å². The fourth-order valence-corrected chi connectivity index (χ4v) is 5.31. The van der Waals surface area contributed by atoms with Gasteiger partial charge in [0.15, 0.2) is 10.8 Å². The van der Waals surface area contributed by atoms with Crippen molar-refractivity contribution < 1.29 is 14.2 Å². The molecular formula is C22H27FN6O2S. The molecule has 5 rings (SSSR count). The number of nitrogens with zero attached hydrogens (tertiary/aromatic N) is 5. The minimum absolute atomic E-state index is 0.181. The van der Waals surface area contributed by atoms with Crippen molar-refractivity contribution in [3.05, 3.63) is 35.9 Å².